The van der Waals surface area contributed by atoms with Crippen molar-refractivity contribution in [1.82, 2.24) is 10.2 Å². The van der Waals surface area contributed by atoms with E-state index in [-0.39, 0.29) is 12.0 Å². The maximum absolute atomic E-state index is 11.6. The standard InChI is InChI=1S/C11H22N2O4/c1-10(2,3)7-13(5)9(16)12-6-11(4,17)8(14)15/h17H,6-7H2,1-5H3,(H,12,16)(H,14,15). The molecule has 0 aliphatic rings. The zero-order chi connectivity index (χ0) is 13.9. The first-order valence-corrected chi connectivity index (χ1v) is 5.40. The number of nitrogens with zero attached hydrogens (tertiary/aromatic N) is 1. The highest BCUT2D eigenvalue weighted by Crippen LogP contribution is 2.14. The quantitative estimate of drug-likeness (QED) is 0.674. The molecule has 0 saturated carbocycles. The normalized spacial score (nSPS) is 14.9. The molecule has 0 heterocycles. The lowest BCUT2D eigenvalue weighted by molar-refractivity contribution is -0.155. The van der Waals surface area contributed by atoms with E-state index < -0.39 is 17.6 Å². The van der Waals surface area contributed by atoms with E-state index in [0.29, 0.717) is 6.54 Å². The fourth-order valence-corrected chi connectivity index (χ4v) is 1.24. The Kier molecular flexibility index (Phi) is 4.94. The second-order valence-corrected chi connectivity index (χ2v) is 5.65. The Morgan fingerprint density at radius 1 is 1.24 bits per heavy atom. The van der Waals surface area contributed by atoms with E-state index in [1.807, 2.05) is 20.8 Å². The van der Waals surface area contributed by atoms with Crippen LogP contribution in [-0.4, -0.2) is 52.9 Å². The number of carbonyl (C=O) groups excluding carboxylic acids is 1. The molecule has 0 spiro atoms. The third kappa shape index (κ3) is 6.11. The van der Waals surface area contributed by atoms with Gasteiger partial charge in [0.2, 0.25) is 0 Å². The SMILES string of the molecule is CN(CC(C)(C)C)C(=O)NCC(C)(O)C(=O)O. The van der Waals surface area contributed by atoms with Gasteiger partial charge in [-0.15, -0.1) is 0 Å². The zero-order valence-corrected chi connectivity index (χ0v) is 11.1. The molecule has 0 fully saturated rings. The lowest BCUT2D eigenvalue weighted by atomic mass is 9.96. The lowest BCUT2D eigenvalue weighted by Crippen LogP contribution is -2.50. The molecule has 2 amide bonds. The van der Waals surface area contributed by atoms with Crippen molar-refractivity contribution in [3.63, 3.8) is 0 Å². The van der Waals surface area contributed by atoms with Crippen molar-refractivity contribution in [1.29, 1.82) is 0 Å². The Morgan fingerprint density at radius 3 is 2.06 bits per heavy atom. The van der Waals surface area contributed by atoms with Crippen LogP contribution in [0.3, 0.4) is 0 Å². The zero-order valence-electron chi connectivity index (χ0n) is 11.1. The number of amides is 2. The summed E-state index contributed by atoms with van der Waals surface area (Å²) in [5.41, 5.74) is -1.99. The predicted molar refractivity (Wildman–Crippen MR) is 63.7 cm³/mol. The van der Waals surface area contributed by atoms with Crippen molar-refractivity contribution in [2.75, 3.05) is 20.1 Å². The number of aliphatic carboxylic acids is 1. The molecule has 0 bridgehead atoms. The van der Waals surface area contributed by atoms with E-state index in [2.05, 4.69) is 5.32 Å². The molecular formula is C11H22N2O4. The Morgan fingerprint density at radius 2 is 1.71 bits per heavy atom. The van der Waals surface area contributed by atoms with Crippen LogP contribution in [0, 0.1) is 5.41 Å². The molecule has 6 heteroatoms. The van der Waals surface area contributed by atoms with Gasteiger partial charge in [0.15, 0.2) is 5.60 Å². The van der Waals surface area contributed by atoms with Gasteiger partial charge in [0.25, 0.3) is 0 Å². The summed E-state index contributed by atoms with van der Waals surface area (Å²) in [5, 5.41) is 20.5. The number of hydrogen-bond acceptors (Lipinski definition) is 3. The van der Waals surface area contributed by atoms with Crippen LogP contribution in [-0.2, 0) is 4.79 Å². The highest BCUT2D eigenvalue weighted by Gasteiger charge is 2.30. The summed E-state index contributed by atoms with van der Waals surface area (Å²) in [6, 6.07) is -0.401. The van der Waals surface area contributed by atoms with Crippen molar-refractivity contribution in [2.24, 2.45) is 5.41 Å². The number of aliphatic hydroxyl groups is 1. The first-order chi connectivity index (χ1) is 7.46. The predicted octanol–water partition coefficient (Wildman–Crippen LogP) is 0.509. The number of urea groups is 1. The van der Waals surface area contributed by atoms with Gasteiger partial charge in [0, 0.05) is 13.6 Å². The molecule has 0 aliphatic carbocycles. The van der Waals surface area contributed by atoms with Crippen molar-refractivity contribution >= 4 is 12.0 Å². The van der Waals surface area contributed by atoms with Gasteiger partial charge in [0.05, 0.1) is 6.54 Å². The van der Waals surface area contributed by atoms with E-state index in [0.717, 1.165) is 6.92 Å². The first-order valence-electron chi connectivity index (χ1n) is 5.40. The van der Waals surface area contributed by atoms with Crippen molar-refractivity contribution in [3.05, 3.63) is 0 Å². The van der Waals surface area contributed by atoms with Crippen LogP contribution >= 0.6 is 0 Å². The third-order valence-corrected chi connectivity index (χ3v) is 2.10. The van der Waals surface area contributed by atoms with E-state index in [9.17, 15) is 14.7 Å². The lowest BCUT2D eigenvalue weighted by Gasteiger charge is -2.28. The minimum Gasteiger partial charge on any atom is -0.479 e. The van der Waals surface area contributed by atoms with Crippen LogP contribution in [0.25, 0.3) is 0 Å². The average molecular weight is 246 g/mol. The molecule has 3 N–H and O–H groups in total. The summed E-state index contributed by atoms with van der Waals surface area (Å²) in [6.07, 6.45) is 0. The number of rotatable bonds is 4. The molecule has 0 aromatic rings. The first kappa shape index (κ1) is 15.7. The number of carbonyl (C=O) groups is 2. The van der Waals surface area contributed by atoms with Crippen LogP contribution < -0.4 is 5.32 Å². The van der Waals surface area contributed by atoms with E-state index in [1.54, 1.807) is 7.05 Å². The monoisotopic (exact) mass is 246 g/mol. The highest BCUT2D eigenvalue weighted by molar-refractivity contribution is 5.79. The van der Waals surface area contributed by atoms with Gasteiger partial charge in [-0.05, 0) is 12.3 Å². The molecule has 6 nitrogen and oxygen atoms in total. The molecule has 0 aliphatic heterocycles. The summed E-state index contributed by atoms with van der Waals surface area (Å²) in [4.78, 5) is 23.7. The number of nitrogens with one attached hydrogen (secondary N) is 1. The van der Waals surface area contributed by atoms with Gasteiger partial charge in [-0.2, -0.15) is 0 Å². The van der Waals surface area contributed by atoms with E-state index in [1.165, 1.54) is 4.90 Å². The minimum atomic E-state index is -1.95. The molecule has 100 valence electrons. The Bertz CT molecular complexity index is 294. The van der Waals surface area contributed by atoms with Crippen molar-refractivity contribution < 1.29 is 19.8 Å². The van der Waals surface area contributed by atoms with Crippen molar-refractivity contribution in [3.8, 4) is 0 Å². The van der Waals surface area contributed by atoms with Crippen LogP contribution in [0.5, 0.6) is 0 Å². The largest absolute Gasteiger partial charge is 0.479 e. The maximum Gasteiger partial charge on any atom is 0.337 e. The second-order valence-electron chi connectivity index (χ2n) is 5.65. The second kappa shape index (κ2) is 5.35. The Balaban J connectivity index is 4.24. The van der Waals surface area contributed by atoms with Gasteiger partial charge in [-0.25, -0.2) is 9.59 Å². The van der Waals surface area contributed by atoms with E-state index in [4.69, 9.17) is 5.11 Å². The van der Waals surface area contributed by atoms with Crippen molar-refractivity contribution in [2.45, 2.75) is 33.3 Å². The average Bonchev–Trinajstić information content (AvgIpc) is 2.11. The molecule has 0 radical (unpaired) electrons. The number of carboxylic acids is 1. The van der Waals surface area contributed by atoms with Gasteiger partial charge < -0.3 is 20.4 Å². The summed E-state index contributed by atoms with van der Waals surface area (Å²) in [6.45, 7) is 7.32. The van der Waals surface area contributed by atoms with Gasteiger partial charge in [-0.1, -0.05) is 20.8 Å². The van der Waals surface area contributed by atoms with Crippen LogP contribution in [0.4, 0.5) is 4.79 Å². The molecule has 0 saturated heterocycles. The Labute approximate surface area is 102 Å². The maximum atomic E-state index is 11.6. The molecule has 1 unspecified atom stereocenters. The molecule has 0 rings (SSSR count). The van der Waals surface area contributed by atoms with Gasteiger partial charge in [0.1, 0.15) is 0 Å². The molecule has 17 heavy (non-hydrogen) atoms. The molecule has 0 aromatic heterocycles. The summed E-state index contributed by atoms with van der Waals surface area (Å²) >= 11 is 0. The third-order valence-electron chi connectivity index (χ3n) is 2.10. The fraction of sp³-hybridized carbons (Fsp3) is 0.818. The minimum absolute atomic E-state index is 0.0403. The number of carboxylic acid groups (broad SMARTS) is 1. The molecule has 1 atom stereocenters. The Hall–Kier alpha value is -1.30. The summed E-state index contributed by atoms with van der Waals surface area (Å²) in [7, 11) is 1.62. The molecule has 0 aromatic carbocycles. The van der Waals surface area contributed by atoms with E-state index >= 15 is 0 Å². The van der Waals surface area contributed by atoms with Gasteiger partial charge in [-0.3, -0.25) is 0 Å². The number of hydrogen-bond donors (Lipinski definition) is 3. The smallest absolute Gasteiger partial charge is 0.337 e. The highest BCUT2D eigenvalue weighted by atomic mass is 16.4. The van der Waals surface area contributed by atoms with Gasteiger partial charge >= 0.3 is 12.0 Å². The summed E-state index contributed by atoms with van der Waals surface area (Å²) < 4.78 is 0. The van der Waals surface area contributed by atoms with Crippen LogP contribution in [0.2, 0.25) is 0 Å². The van der Waals surface area contributed by atoms with Crippen LogP contribution in [0.15, 0.2) is 0 Å². The molecular weight excluding hydrogens is 224 g/mol. The summed E-state index contributed by atoms with van der Waals surface area (Å²) in [5.74, 6) is -1.36. The topological polar surface area (TPSA) is 89.9 Å². The van der Waals surface area contributed by atoms with Crippen LogP contribution in [0.1, 0.15) is 27.7 Å². The fourth-order valence-electron chi connectivity index (χ4n) is 1.24.